The summed E-state index contributed by atoms with van der Waals surface area (Å²) in [6, 6.07) is 21.5. The number of sulfonamides is 1. The number of nitrogens with one attached hydrogen (secondary N) is 2. The van der Waals surface area contributed by atoms with Crippen LogP contribution in [0.4, 0.5) is 5.69 Å². The maximum absolute atomic E-state index is 13.1. The number of benzene rings is 3. The van der Waals surface area contributed by atoms with Crippen LogP contribution in [0.2, 0.25) is 0 Å². The Labute approximate surface area is 190 Å². The van der Waals surface area contributed by atoms with E-state index < -0.39 is 22.0 Å². The molecule has 0 saturated heterocycles. The number of amides is 1. The van der Waals surface area contributed by atoms with Gasteiger partial charge in [-0.25, -0.2) is 8.42 Å². The first-order valence-electron chi connectivity index (χ1n) is 9.73. The van der Waals surface area contributed by atoms with E-state index >= 15 is 0 Å². The van der Waals surface area contributed by atoms with E-state index in [1.165, 1.54) is 12.1 Å². The maximum atomic E-state index is 13.1. The van der Waals surface area contributed by atoms with E-state index in [-0.39, 0.29) is 11.3 Å². The van der Waals surface area contributed by atoms with Gasteiger partial charge in [0.1, 0.15) is 11.8 Å². The van der Waals surface area contributed by atoms with Crippen molar-refractivity contribution in [3.05, 3.63) is 88.9 Å². The molecule has 3 aromatic carbocycles. The summed E-state index contributed by atoms with van der Waals surface area (Å²) in [5.41, 5.74) is 1.31. The zero-order valence-electron chi connectivity index (χ0n) is 16.9. The molecule has 6 nitrogen and oxygen atoms in total. The van der Waals surface area contributed by atoms with Crippen LogP contribution in [-0.4, -0.2) is 27.0 Å². The van der Waals surface area contributed by atoms with E-state index in [4.69, 9.17) is 4.74 Å². The Kier molecular flexibility index (Phi) is 7.84. The fraction of sp³-hybridized carbons (Fsp3) is 0.174. The van der Waals surface area contributed by atoms with Crippen molar-refractivity contribution in [1.29, 1.82) is 0 Å². The molecule has 0 aliphatic rings. The molecule has 3 aromatic rings. The first kappa shape index (κ1) is 23.0. The molecule has 0 aliphatic heterocycles. The lowest BCUT2D eigenvalue weighted by Crippen LogP contribution is -2.45. The minimum absolute atomic E-state index is 0.0799. The van der Waals surface area contributed by atoms with E-state index in [0.717, 1.165) is 10.0 Å². The van der Waals surface area contributed by atoms with Crippen LogP contribution in [0.1, 0.15) is 12.5 Å². The highest BCUT2D eigenvalue weighted by Crippen LogP contribution is 2.24. The van der Waals surface area contributed by atoms with Crippen molar-refractivity contribution in [2.45, 2.75) is 24.3 Å². The topological polar surface area (TPSA) is 84.5 Å². The molecule has 0 aromatic heterocycles. The van der Waals surface area contributed by atoms with Gasteiger partial charge in [0, 0.05) is 4.47 Å². The van der Waals surface area contributed by atoms with Crippen LogP contribution in [0.15, 0.2) is 88.2 Å². The Morgan fingerprint density at radius 2 is 1.61 bits per heavy atom. The smallest absolute Gasteiger partial charge is 0.243 e. The Morgan fingerprint density at radius 3 is 2.29 bits per heavy atom. The molecule has 1 amide bonds. The fourth-order valence-electron chi connectivity index (χ4n) is 2.98. The molecule has 0 radical (unpaired) electrons. The lowest BCUT2D eigenvalue weighted by Gasteiger charge is -2.20. The van der Waals surface area contributed by atoms with Gasteiger partial charge in [0.25, 0.3) is 0 Å². The van der Waals surface area contributed by atoms with Crippen LogP contribution in [0.5, 0.6) is 5.75 Å². The van der Waals surface area contributed by atoms with Gasteiger partial charge in [0.05, 0.1) is 17.2 Å². The molecule has 3 rings (SSSR count). The first-order valence-corrected chi connectivity index (χ1v) is 12.0. The van der Waals surface area contributed by atoms with Crippen LogP contribution in [-0.2, 0) is 21.2 Å². The van der Waals surface area contributed by atoms with Crippen LogP contribution >= 0.6 is 15.9 Å². The van der Waals surface area contributed by atoms with Gasteiger partial charge in [0.2, 0.25) is 15.9 Å². The van der Waals surface area contributed by atoms with Gasteiger partial charge in [0.15, 0.2) is 0 Å². The number of carbonyl (C=O) groups excluding carboxylic acids is 1. The molecule has 162 valence electrons. The Bertz CT molecular complexity index is 1120. The molecule has 0 bridgehead atoms. The third-order valence-electron chi connectivity index (χ3n) is 4.47. The van der Waals surface area contributed by atoms with Crippen LogP contribution < -0.4 is 14.8 Å². The minimum Gasteiger partial charge on any atom is -0.492 e. The highest BCUT2D eigenvalue weighted by Gasteiger charge is 2.27. The summed E-state index contributed by atoms with van der Waals surface area (Å²) >= 11 is 3.30. The molecule has 31 heavy (non-hydrogen) atoms. The average Bonchev–Trinajstić information content (AvgIpc) is 2.76. The zero-order valence-corrected chi connectivity index (χ0v) is 19.3. The van der Waals surface area contributed by atoms with Crippen molar-refractivity contribution in [2.75, 3.05) is 11.9 Å². The second-order valence-electron chi connectivity index (χ2n) is 6.74. The Hall–Kier alpha value is -2.68. The van der Waals surface area contributed by atoms with E-state index in [9.17, 15) is 13.2 Å². The number of para-hydroxylation sites is 2. The second-order valence-corrected chi connectivity index (χ2v) is 9.37. The molecule has 0 aliphatic carbocycles. The number of ether oxygens (including phenoxy) is 1. The molecule has 0 saturated carbocycles. The predicted octanol–water partition coefficient (Wildman–Crippen LogP) is 4.38. The molecule has 1 atom stereocenters. The van der Waals surface area contributed by atoms with E-state index in [2.05, 4.69) is 26.0 Å². The average molecular weight is 503 g/mol. The van der Waals surface area contributed by atoms with Crippen molar-refractivity contribution in [3.63, 3.8) is 0 Å². The van der Waals surface area contributed by atoms with E-state index in [1.807, 2.05) is 37.3 Å². The number of anilines is 1. The van der Waals surface area contributed by atoms with Crippen LogP contribution in [0, 0.1) is 0 Å². The Balaban J connectivity index is 1.87. The highest BCUT2D eigenvalue weighted by atomic mass is 79.9. The molecule has 0 spiro atoms. The summed E-state index contributed by atoms with van der Waals surface area (Å²) in [6.07, 6.45) is 0.194. The van der Waals surface area contributed by atoms with Crippen molar-refractivity contribution in [2.24, 2.45) is 0 Å². The first-order chi connectivity index (χ1) is 14.9. The predicted molar refractivity (Wildman–Crippen MR) is 125 cm³/mol. The third kappa shape index (κ3) is 6.40. The number of hydrogen-bond acceptors (Lipinski definition) is 4. The monoisotopic (exact) mass is 502 g/mol. The summed E-state index contributed by atoms with van der Waals surface area (Å²) in [6.45, 7) is 2.29. The number of halogens is 1. The summed E-state index contributed by atoms with van der Waals surface area (Å²) in [5.74, 6) is 0.0456. The lowest BCUT2D eigenvalue weighted by atomic mass is 10.1. The molecule has 8 heteroatoms. The molecule has 0 unspecified atom stereocenters. The number of rotatable bonds is 9. The van der Waals surface area contributed by atoms with Crippen molar-refractivity contribution < 1.29 is 17.9 Å². The van der Waals surface area contributed by atoms with Gasteiger partial charge in [-0.1, -0.05) is 58.4 Å². The Morgan fingerprint density at radius 1 is 0.968 bits per heavy atom. The van der Waals surface area contributed by atoms with Crippen LogP contribution in [0.25, 0.3) is 0 Å². The van der Waals surface area contributed by atoms with Gasteiger partial charge in [-0.05, 0) is 55.3 Å². The van der Waals surface area contributed by atoms with Crippen LogP contribution in [0.3, 0.4) is 0 Å². The summed E-state index contributed by atoms with van der Waals surface area (Å²) < 4.78 is 34.8. The van der Waals surface area contributed by atoms with Gasteiger partial charge < -0.3 is 10.1 Å². The van der Waals surface area contributed by atoms with Gasteiger partial charge >= 0.3 is 0 Å². The maximum Gasteiger partial charge on any atom is 0.243 e. The molecule has 2 N–H and O–H groups in total. The normalized spacial score (nSPS) is 12.2. The summed E-state index contributed by atoms with van der Waals surface area (Å²) in [4.78, 5) is 13.2. The summed E-state index contributed by atoms with van der Waals surface area (Å²) in [5, 5.41) is 2.80. The minimum atomic E-state index is -3.92. The number of carbonyl (C=O) groups is 1. The van der Waals surface area contributed by atoms with Gasteiger partial charge in [-0.2, -0.15) is 4.72 Å². The van der Waals surface area contributed by atoms with Gasteiger partial charge in [-0.15, -0.1) is 0 Å². The molecular weight excluding hydrogens is 480 g/mol. The van der Waals surface area contributed by atoms with Crippen molar-refractivity contribution >= 4 is 37.5 Å². The molecule has 0 heterocycles. The number of hydrogen-bond donors (Lipinski definition) is 2. The van der Waals surface area contributed by atoms with Gasteiger partial charge in [-0.3, -0.25) is 4.79 Å². The SMILES string of the molecule is CCOc1ccccc1NC(=O)[C@@H](Cc1ccccc1)NS(=O)(=O)c1ccc(Br)cc1. The van der Waals surface area contributed by atoms with E-state index in [1.54, 1.807) is 36.4 Å². The molecular formula is C23H23BrN2O4S. The summed E-state index contributed by atoms with van der Waals surface area (Å²) in [7, 11) is -3.92. The largest absolute Gasteiger partial charge is 0.492 e. The highest BCUT2D eigenvalue weighted by molar-refractivity contribution is 9.10. The second kappa shape index (κ2) is 10.6. The lowest BCUT2D eigenvalue weighted by molar-refractivity contribution is -0.117. The fourth-order valence-corrected chi connectivity index (χ4v) is 4.44. The van der Waals surface area contributed by atoms with Crippen molar-refractivity contribution in [3.8, 4) is 5.75 Å². The third-order valence-corrected chi connectivity index (χ3v) is 6.48. The quantitative estimate of drug-likeness (QED) is 0.454. The molecule has 0 fully saturated rings. The van der Waals surface area contributed by atoms with E-state index in [0.29, 0.717) is 18.0 Å². The van der Waals surface area contributed by atoms with Crippen molar-refractivity contribution in [1.82, 2.24) is 4.72 Å². The standard InChI is InChI=1S/C23H23BrN2O4S/c1-2-30-22-11-7-6-10-20(22)25-23(27)21(16-17-8-4-3-5-9-17)26-31(28,29)19-14-12-18(24)13-15-19/h3-15,21,26H,2,16H2,1H3,(H,25,27)/t21-/m1/s1. The zero-order chi connectivity index (χ0) is 22.3.